The predicted octanol–water partition coefficient (Wildman–Crippen LogP) is 6.55. The second-order valence-corrected chi connectivity index (χ2v) is 13.9. The highest BCUT2D eigenvalue weighted by atomic mass is 16.5. The van der Waals surface area contributed by atoms with Gasteiger partial charge in [0, 0.05) is 13.0 Å². The standard InChI is InChI=1S/C28H44O4.C3H8O/c1-17-20-10-14-27(4)21-11-16-28(25(30)31-5)13-6-7-22(28)19(21)8-9-24(27)26(20,3)15-12-23(17)32-18(2)29;1-3(2)4/h17,19-24H,6-16H2,1-5H3;3-4H,1-2H3. The van der Waals surface area contributed by atoms with E-state index in [1.165, 1.54) is 51.4 Å². The fourth-order valence-corrected chi connectivity index (χ4v) is 10.7. The number of carbonyl (C=O) groups is 2. The molecule has 5 nitrogen and oxygen atoms in total. The average Bonchev–Trinajstić information content (AvgIpc) is 3.25. The average molecular weight is 505 g/mol. The summed E-state index contributed by atoms with van der Waals surface area (Å²) in [6, 6.07) is 0. The van der Waals surface area contributed by atoms with Crippen LogP contribution in [0.3, 0.4) is 0 Å². The number of rotatable bonds is 2. The van der Waals surface area contributed by atoms with E-state index in [0.29, 0.717) is 34.5 Å². The maximum atomic E-state index is 12.9. The molecule has 5 heteroatoms. The number of ether oxygens (including phenoxy) is 2. The first-order valence-corrected chi connectivity index (χ1v) is 14.8. The third-order valence-electron chi connectivity index (χ3n) is 11.9. The topological polar surface area (TPSA) is 72.8 Å². The number of aliphatic hydroxyl groups is 1. The molecule has 0 amide bonds. The number of esters is 2. The van der Waals surface area contributed by atoms with E-state index in [-0.39, 0.29) is 29.6 Å². The van der Waals surface area contributed by atoms with Gasteiger partial charge in [0.15, 0.2) is 0 Å². The first kappa shape index (κ1) is 27.9. The summed E-state index contributed by atoms with van der Waals surface area (Å²) in [4.78, 5) is 24.6. The molecule has 5 fully saturated rings. The van der Waals surface area contributed by atoms with Crippen LogP contribution >= 0.6 is 0 Å². The Bertz CT molecular complexity index is 821. The van der Waals surface area contributed by atoms with E-state index in [1.807, 2.05) is 0 Å². The van der Waals surface area contributed by atoms with Crippen LogP contribution in [-0.4, -0.2) is 36.4 Å². The van der Waals surface area contributed by atoms with Gasteiger partial charge in [-0.15, -0.1) is 0 Å². The van der Waals surface area contributed by atoms with E-state index < -0.39 is 0 Å². The van der Waals surface area contributed by atoms with Crippen molar-refractivity contribution in [2.24, 2.45) is 51.8 Å². The number of methoxy groups -OCH3 is 1. The minimum atomic E-state index is -0.184. The van der Waals surface area contributed by atoms with Crippen LogP contribution in [0.15, 0.2) is 0 Å². The van der Waals surface area contributed by atoms with Crippen molar-refractivity contribution in [1.82, 2.24) is 0 Å². The second-order valence-electron chi connectivity index (χ2n) is 13.9. The Morgan fingerprint density at radius 1 is 0.861 bits per heavy atom. The Morgan fingerprint density at radius 3 is 2.11 bits per heavy atom. The normalized spacial score (nSPS) is 47.3. The van der Waals surface area contributed by atoms with Crippen LogP contribution in [0.4, 0.5) is 0 Å². The monoisotopic (exact) mass is 504 g/mol. The molecule has 5 saturated carbocycles. The number of hydrogen-bond acceptors (Lipinski definition) is 5. The number of carbonyl (C=O) groups excluding carboxylic acids is 2. The van der Waals surface area contributed by atoms with Crippen molar-refractivity contribution in [3.8, 4) is 0 Å². The van der Waals surface area contributed by atoms with Gasteiger partial charge in [0.25, 0.3) is 0 Å². The molecule has 0 heterocycles. The van der Waals surface area contributed by atoms with Crippen molar-refractivity contribution in [2.75, 3.05) is 7.11 Å². The van der Waals surface area contributed by atoms with Gasteiger partial charge in [0.05, 0.1) is 12.5 Å². The molecule has 5 rings (SSSR count). The van der Waals surface area contributed by atoms with Crippen LogP contribution in [0.25, 0.3) is 0 Å². The molecule has 0 aliphatic heterocycles. The highest BCUT2D eigenvalue weighted by Crippen LogP contribution is 2.71. The van der Waals surface area contributed by atoms with Gasteiger partial charge < -0.3 is 14.6 Å². The summed E-state index contributed by atoms with van der Waals surface area (Å²) >= 11 is 0. The molecule has 0 spiro atoms. The molecule has 0 aromatic carbocycles. The summed E-state index contributed by atoms with van der Waals surface area (Å²) in [5.74, 6) is 3.80. The molecule has 0 bridgehead atoms. The lowest BCUT2D eigenvalue weighted by atomic mass is 9.37. The minimum Gasteiger partial charge on any atom is -0.469 e. The highest BCUT2D eigenvalue weighted by Gasteiger charge is 2.66. The SMILES string of the molecule is CC(C)O.COC(=O)C12CCCC1C1CCC3C4(C)CCC(OC(C)=O)C(C)C4CCC3(C)C1CC2. The van der Waals surface area contributed by atoms with Crippen LogP contribution in [0, 0.1) is 51.8 Å². The molecule has 0 radical (unpaired) electrons. The third kappa shape index (κ3) is 4.43. The molecule has 10 atom stereocenters. The van der Waals surface area contributed by atoms with Crippen molar-refractivity contribution < 1.29 is 24.2 Å². The molecule has 5 aliphatic carbocycles. The molecule has 206 valence electrons. The Balaban J connectivity index is 0.000000709. The first-order valence-electron chi connectivity index (χ1n) is 14.8. The van der Waals surface area contributed by atoms with Gasteiger partial charge in [-0.3, -0.25) is 9.59 Å². The van der Waals surface area contributed by atoms with Crippen molar-refractivity contribution in [3.05, 3.63) is 0 Å². The van der Waals surface area contributed by atoms with Gasteiger partial charge in [-0.05, 0) is 124 Å². The number of fused-ring (bicyclic) bond motifs is 7. The molecule has 0 saturated heterocycles. The van der Waals surface area contributed by atoms with E-state index in [2.05, 4.69) is 20.8 Å². The zero-order chi connectivity index (χ0) is 26.5. The second kappa shape index (κ2) is 10.2. The zero-order valence-corrected chi connectivity index (χ0v) is 24.0. The number of aliphatic hydroxyl groups excluding tert-OH is 1. The highest BCUT2D eigenvalue weighted by molar-refractivity contribution is 5.77. The van der Waals surface area contributed by atoms with E-state index >= 15 is 0 Å². The van der Waals surface area contributed by atoms with Crippen LogP contribution in [0.2, 0.25) is 0 Å². The first-order chi connectivity index (χ1) is 16.9. The van der Waals surface area contributed by atoms with Gasteiger partial charge in [0.1, 0.15) is 6.10 Å². The molecule has 0 aromatic rings. The van der Waals surface area contributed by atoms with Gasteiger partial charge in [-0.1, -0.05) is 27.2 Å². The van der Waals surface area contributed by atoms with Crippen LogP contribution in [0.1, 0.15) is 112 Å². The van der Waals surface area contributed by atoms with Gasteiger partial charge >= 0.3 is 11.9 Å². The Kier molecular flexibility index (Phi) is 7.93. The summed E-state index contributed by atoms with van der Waals surface area (Å²) in [5, 5.41) is 8.06. The number of hydrogen-bond donors (Lipinski definition) is 1. The molecular formula is C31H52O5. The smallest absolute Gasteiger partial charge is 0.312 e. The Labute approximate surface area is 219 Å². The largest absolute Gasteiger partial charge is 0.469 e. The van der Waals surface area contributed by atoms with Gasteiger partial charge in [-0.25, -0.2) is 0 Å². The van der Waals surface area contributed by atoms with Crippen LogP contribution in [0.5, 0.6) is 0 Å². The van der Waals surface area contributed by atoms with Crippen LogP contribution in [-0.2, 0) is 19.1 Å². The van der Waals surface area contributed by atoms with E-state index in [9.17, 15) is 9.59 Å². The van der Waals surface area contributed by atoms with Crippen molar-refractivity contribution in [1.29, 1.82) is 0 Å². The lowest BCUT2D eigenvalue weighted by Gasteiger charge is -2.67. The predicted molar refractivity (Wildman–Crippen MR) is 141 cm³/mol. The van der Waals surface area contributed by atoms with Crippen molar-refractivity contribution in [2.45, 2.75) is 124 Å². The third-order valence-corrected chi connectivity index (χ3v) is 11.9. The van der Waals surface area contributed by atoms with Crippen molar-refractivity contribution >= 4 is 11.9 Å². The lowest BCUT2D eigenvalue weighted by Crippen LogP contribution is -2.61. The maximum Gasteiger partial charge on any atom is 0.312 e. The minimum absolute atomic E-state index is 0.0824. The molecule has 36 heavy (non-hydrogen) atoms. The van der Waals surface area contributed by atoms with E-state index in [1.54, 1.807) is 27.9 Å². The molecule has 1 N–H and O–H groups in total. The Morgan fingerprint density at radius 2 is 1.47 bits per heavy atom. The van der Waals surface area contributed by atoms with E-state index in [0.717, 1.165) is 31.1 Å². The molecular weight excluding hydrogens is 452 g/mol. The Hall–Kier alpha value is -1.10. The van der Waals surface area contributed by atoms with Crippen LogP contribution < -0.4 is 0 Å². The lowest BCUT2D eigenvalue weighted by molar-refractivity contribution is -0.204. The quantitative estimate of drug-likeness (QED) is 0.432. The summed E-state index contributed by atoms with van der Waals surface area (Å²) in [5.41, 5.74) is 0.546. The summed E-state index contributed by atoms with van der Waals surface area (Å²) in [6.45, 7) is 12.5. The maximum absolute atomic E-state index is 12.9. The van der Waals surface area contributed by atoms with E-state index in [4.69, 9.17) is 14.6 Å². The van der Waals surface area contributed by atoms with Gasteiger partial charge in [0.2, 0.25) is 0 Å². The van der Waals surface area contributed by atoms with Gasteiger partial charge in [-0.2, -0.15) is 0 Å². The summed E-state index contributed by atoms with van der Waals surface area (Å²) in [7, 11) is 1.59. The molecule has 10 unspecified atom stereocenters. The zero-order valence-electron chi connectivity index (χ0n) is 24.0. The van der Waals surface area contributed by atoms with Crippen molar-refractivity contribution in [3.63, 3.8) is 0 Å². The molecule has 5 aliphatic rings. The summed E-state index contributed by atoms with van der Waals surface area (Å²) in [6.07, 6.45) is 13.0. The fraction of sp³-hybridized carbons (Fsp3) is 0.935. The molecule has 0 aromatic heterocycles. The summed E-state index contributed by atoms with van der Waals surface area (Å²) < 4.78 is 11.1. The fourth-order valence-electron chi connectivity index (χ4n) is 10.7.